The largest absolute Gasteiger partial charge is 0.508 e. The normalized spacial score (nSPS) is 32.5. The summed E-state index contributed by atoms with van der Waals surface area (Å²) in [5, 5.41) is 10.2. The van der Waals surface area contributed by atoms with E-state index >= 15 is 0 Å². The highest BCUT2D eigenvalue weighted by molar-refractivity contribution is 5.44. The summed E-state index contributed by atoms with van der Waals surface area (Å²) in [6.07, 6.45) is 12.0. The second-order valence-electron chi connectivity index (χ2n) is 8.75. The first-order valence-electron chi connectivity index (χ1n) is 10.2. The van der Waals surface area contributed by atoms with Crippen molar-refractivity contribution in [1.29, 1.82) is 0 Å². The highest BCUT2D eigenvalue weighted by Crippen LogP contribution is 2.54. The number of likely N-dealkylation sites (N-methyl/N-ethyl adjacent to an activating group) is 1. The summed E-state index contributed by atoms with van der Waals surface area (Å²) in [6.45, 7) is 3.62. The highest BCUT2D eigenvalue weighted by atomic mass is 16.3. The number of nitrogens with zero attached hydrogens (tertiary/aromatic N) is 1. The number of fused-ring (bicyclic) bond motifs is 3. The molecule has 2 saturated carbocycles. The molecule has 2 nitrogen and oxygen atoms in total. The molecule has 0 heterocycles. The van der Waals surface area contributed by atoms with E-state index in [0.29, 0.717) is 17.2 Å². The molecule has 2 unspecified atom stereocenters. The van der Waals surface area contributed by atoms with Crippen molar-refractivity contribution in [3.63, 3.8) is 0 Å². The van der Waals surface area contributed by atoms with Gasteiger partial charge >= 0.3 is 0 Å². The number of hydrogen-bond acceptors (Lipinski definition) is 2. The van der Waals surface area contributed by atoms with E-state index in [0.717, 1.165) is 11.8 Å². The van der Waals surface area contributed by atoms with Gasteiger partial charge in [-0.05, 0) is 80.7 Å². The van der Waals surface area contributed by atoms with Gasteiger partial charge in [-0.15, -0.1) is 0 Å². The van der Waals surface area contributed by atoms with Crippen LogP contribution in [0, 0.1) is 11.8 Å². The van der Waals surface area contributed by atoms with Gasteiger partial charge in [0.05, 0.1) is 0 Å². The molecular weight excluding hydrogens is 294 g/mol. The molecule has 0 bridgehead atoms. The fourth-order valence-corrected chi connectivity index (χ4v) is 5.93. The minimum atomic E-state index is 0.307. The molecule has 2 fully saturated rings. The van der Waals surface area contributed by atoms with E-state index in [-0.39, 0.29) is 0 Å². The number of benzene rings is 1. The Morgan fingerprint density at radius 2 is 2.04 bits per heavy atom. The molecule has 3 aliphatic carbocycles. The monoisotopic (exact) mass is 327 g/mol. The van der Waals surface area contributed by atoms with E-state index in [1.54, 1.807) is 0 Å². The third kappa shape index (κ3) is 2.77. The van der Waals surface area contributed by atoms with Crippen LogP contribution in [0.15, 0.2) is 18.2 Å². The lowest BCUT2D eigenvalue weighted by molar-refractivity contribution is 0.0504. The number of phenolic OH excluding ortho intramolecular Hbond substituents is 1. The molecule has 1 aromatic rings. The lowest BCUT2D eigenvalue weighted by Crippen LogP contribution is -2.54. The molecule has 0 aromatic heterocycles. The fraction of sp³-hybridized carbons (Fsp3) is 0.727. The van der Waals surface area contributed by atoms with Crippen LogP contribution < -0.4 is 0 Å². The Kier molecular flexibility index (Phi) is 4.36. The molecular formula is C22H33NO. The van der Waals surface area contributed by atoms with Crippen molar-refractivity contribution in [2.75, 3.05) is 13.6 Å². The summed E-state index contributed by atoms with van der Waals surface area (Å²) in [5.41, 5.74) is 3.30. The van der Waals surface area contributed by atoms with Crippen molar-refractivity contribution >= 4 is 0 Å². The van der Waals surface area contributed by atoms with Crippen molar-refractivity contribution < 1.29 is 5.11 Å². The van der Waals surface area contributed by atoms with Crippen LogP contribution in [0.25, 0.3) is 0 Å². The first kappa shape index (κ1) is 16.4. The summed E-state index contributed by atoms with van der Waals surface area (Å²) in [7, 11) is 2.37. The average molecular weight is 328 g/mol. The van der Waals surface area contributed by atoms with Crippen LogP contribution in [0.3, 0.4) is 0 Å². The quantitative estimate of drug-likeness (QED) is 0.832. The summed E-state index contributed by atoms with van der Waals surface area (Å²) in [4.78, 5) is 2.70. The van der Waals surface area contributed by atoms with Crippen LogP contribution >= 0.6 is 0 Å². The van der Waals surface area contributed by atoms with E-state index in [1.165, 1.54) is 75.5 Å². The zero-order valence-corrected chi connectivity index (χ0v) is 15.4. The molecule has 3 atom stereocenters. The van der Waals surface area contributed by atoms with Crippen LogP contribution in [0.2, 0.25) is 0 Å². The predicted molar refractivity (Wildman–Crippen MR) is 99.5 cm³/mol. The Bertz CT molecular complexity index is 590. The maximum Gasteiger partial charge on any atom is 0.115 e. The second-order valence-corrected chi connectivity index (χ2v) is 8.75. The molecule has 0 spiro atoms. The molecule has 132 valence electrons. The highest BCUT2D eigenvalue weighted by Gasteiger charge is 2.50. The van der Waals surface area contributed by atoms with Crippen LogP contribution in [-0.4, -0.2) is 29.6 Å². The van der Waals surface area contributed by atoms with Crippen LogP contribution in [0.5, 0.6) is 5.75 Å². The molecule has 1 aromatic carbocycles. The van der Waals surface area contributed by atoms with Gasteiger partial charge in [-0.1, -0.05) is 32.3 Å². The SMILES string of the molecule is CCC[C@@]12CCCCC1C(N(C)CC1CC1)Cc1ccc(O)cc12. The standard InChI is InChI=1S/C22H33NO/c1-3-11-22-12-5-4-6-19(22)21(23(2)15-16-7-8-16)13-17-9-10-18(24)14-20(17)22/h9-10,14,16,19,21,24H,3-8,11-13,15H2,1-2H3/t19?,21?,22-/m1/s1. The number of aromatic hydroxyl groups is 1. The molecule has 1 N–H and O–H groups in total. The maximum atomic E-state index is 10.2. The van der Waals surface area contributed by atoms with Crippen molar-refractivity contribution in [3.8, 4) is 5.75 Å². The molecule has 24 heavy (non-hydrogen) atoms. The van der Waals surface area contributed by atoms with Gasteiger partial charge in [0.25, 0.3) is 0 Å². The first-order chi connectivity index (χ1) is 11.6. The smallest absolute Gasteiger partial charge is 0.115 e. The van der Waals surface area contributed by atoms with Crippen LogP contribution in [0.4, 0.5) is 0 Å². The number of phenols is 1. The Hall–Kier alpha value is -1.02. The van der Waals surface area contributed by atoms with Crippen LogP contribution in [-0.2, 0) is 11.8 Å². The summed E-state index contributed by atoms with van der Waals surface area (Å²) in [5.74, 6) is 2.18. The summed E-state index contributed by atoms with van der Waals surface area (Å²) >= 11 is 0. The Labute approximate surface area is 147 Å². The van der Waals surface area contributed by atoms with Gasteiger partial charge in [-0.2, -0.15) is 0 Å². The van der Waals surface area contributed by atoms with Gasteiger partial charge in [0.15, 0.2) is 0 Å². The molecule has 0 amide bonds. The zero-order valence-electron chi connectivity index (χ0n) is 15.4. The van der Waals surface area contributed by atoms with E-state index in [1.807, 2.05) is 6.07 Å². The van der Waals surface area contributed by atoms with E-state index in [9.17, 15) is 5.11 Å². The third-order valence-corrected chi connectivity index (χ3v) is 7.13. The summed E-state index contributed by atoms with van der Waals surface area (Å²) < 4.78 is 0. The molecule has 4 rings (SSSR count). The fourth-order valence-electron chi connectivity index (χ4n) is 5.93. The van der Waals surface area contributed by atoms with Gasteiger partial charge in [0.1, 0.15) is 5.75 Å². The second kappa shape index (κ2) is 6.37. The van der Waals surface area contributed by atoms with Crippen LogP contribution in [0.1, 0.15) is 69.4 Å². The molecule has 3 aliphatic rings. The van der Waals surface area contributed by atoms with Crippen molar-refractivity contribution in [3.05, 3.63) is 29.3 Å². The zero-order chi connectivity index (χ0) is 16.7. The molecule has 2 heteroatoms. The van der Waals surface area contributed by atoms with Gasteiger partial charge in [0, 0.05) is 18.0 Å². The minimum absolute atomic E-state index is 0.307. The van der Waals surface area contributed by atoms with E-state index in [4.69, 9.17) is 0 Å². The molecule has 0 saturated heterocycles. The van der Waals surface area contributed by atoms with Crippen molar-refractivity contribution in [1.82, 2.24) is 4.90 Å². The Morgan fingerprint density at radius 1 is 1.21 bits per heavy atom. The van der Waals surface area contributed by atoms with E-state index in [2.05, 4.69) is 31.0 Å². The third-order valence-electron chi connectivity index (χ3n) is 7.13. The minimum Gasteiger partial charge on any atom is -0.508 e. The average Bonchev–Trinajstić information content (AvgIpc) is 3.38. The maximum absolute atomic E-state index is 10.2. The van der Waals surface area contributed by atoms with E-state index < -0.39 is 0 Å². The Morgan fingerprint density at radius 3 is 2.79 bits per heavy atom. The number of hydrogen-bond donors (Lipinski definition) is 1. The predicted octanol–water partition coefficient (Wildman–Crippen LogP) is 4.89. The topological polar surface area (TPSA) is 23.5 Å². The van der Waals surface area contributed by atoms with Gasteiger partial charge in [0.2, 0.25) is 0 Å². The molecule has 0 radical (unpaired) electrons. The Balaban J connectivity index is 1.75. The van der Waals surface area contributed by atoms with Gasteiger partial charge < -0.3 is 10.0 Å². The van der Waals surface area contributed by atoms with Gasteiger partial charge in [-0.25, -0.2) is 0 Å². The lowest BCUT2D eigenvalue weighted by Gasteiger charge is -2.54. The number of rotatable bonds is 5. The first-order valence-corrected chi connectivity index (χ1v) is 10.2. The summed E-state index contributed by atoms with van der Waals surface area (Å²) in [6, 6.07) is 6.92. The van der Waals surface area contributed by atoms with Gasteiger partial charge in [-0.3, -0.25) is 0 Å². The van der Waals surface area contributed by atoms with Crippen molar-refractivity contribution in [2.45, 2.75) is 76.2 Å². The van der Waals surface area contributed by atoms with Crippen molar-refractivity contribution in [2.24, 2.45) is 11.8 Å². The lowest BCUT2D eigenvalue weighted by atomic mass is 9.54. The molecule has 0 aliphatic heterocycles.